The Morgan fingerprint density at radius 3 is 2.81 bits per heavy atom. The summed E-state index contributed by atoms with van der Waals surface area (Å²) in [6.45, 7) is 0.624. The van der Waals surface area contributed by atoms with Crippen molar-refractivity contribution in [2.45, 2.75) is 38.1 Å². The molecule has 1 aromatic carbocycles. The summed E-state index contributed by atoms with van der Waals surface area (Å²) in [5.74, 6) is 0.748. The lowest BCUT2D eigenvalue weighted by atomic mass is 10.0. The normalized spacial score (nSPS) is 17.3. The molecule has 0 atom stereocenters. The highest BCUT2D eigenvalue weighted by atomic mass is 14.7. The second-order valence-corrected chi connectivity index (χ2v) is 4.79. The monoisotopic (exact) mass is 214 g/mol. The Bertz CT molecular complexity index is 492. The lowest BCUT2D eigenvalue weighted by Crippen LogP contribution is -1.95. The largest absolute Gasteiger partial charge is 0.358 e. The molecule has 1 aliphatic rings. The van der Waals surface area contributed by atoms with Crippen LogP contribution in [0, 0.1) is 0 Å². The third-order valence-corrected chi connectivity index (χ3v) is 3.79. The molecule has 84 valence electrons. The van der Waals surface area contributed by atoms with Gasteiger partial charge in [0, 0.05) is 23.1 Å². The molecule has 0 spiro atoms. The van der Waals surface area contributed by atoms with Crippen LogP contribution in [0.5, 0.6) is 0 Å². The van der Waals surface area contributed by atoms with E-state index in [0.717, 1.165) is 5.92 Å². The zero-order valence-corrected chi connectivity index (χ0v) is 9.50. The highest BCUT2D eigenvalue weighted by Crippen LogP contribution is 2.35. The lowest BCUT2D eigenvalue weighted by molar-refractivity contribution is 0.705. The quantitative estimate of drug-likeness (QED) is 0.791. The maximum absolute atomic E-state index is 5.76. The fourth-order valence-corrected chi connectivity index (χ4v) is 2.87. The van der Waals surface area contributed by atoms with Crippen LogP contribution in [-0.2, 0) is 6.54 Å². The number of aromatic nitrogens is 1. The minimum atomic E-state index is 0.624. The Labute approximate surface area is 95.8 Å². The maximum atomic E-state index is 5.76. The number of rotatable bonds is 2. The zero-order valence-electron chi connectivity index (χ0n) is 9.50. The van der Waals surface area contributed by atoms with Crippen molar-refractivity contribution >= 4 is 10.9 Å². The van der Waals surface area contributed by atoms with Crippen LogP contribution in [0.2, 0.25) is 0 Å². The van der Waals surface area contributed by atoms with Gasteiger partial charge in [-0.3, -0.25) is 0 Å². The van der Waals surface area contributed by atoms with E-state index in [9.17, 15) is 0 Å². The first-order valence-corrected chi connectivity index (χ1v) is 6.19. The molecule has 0 saturated heterocycles. The Morgan fingerprint density at radius 1 is 1.25 bits per heavy atom. The van der Waals surface area contributed by atoms with Crippen molar-refractivity contribution in [1.29, 1.82) is 0 Å². The Hall–Kier alpha value is -1.28. The van der Waals surface area contributed by atoms with Gasteiger partial charge in [0.1, 0.15) is 0 Å². The predicted molar refractivity (Wildman–Crippen MR) is 67.4 cm³/mol. The van der Waals surface area contributed by atoms with Crippen molar-refractivity contribution in [2.24, 2.45) is 5.73 Å². The fraction of sp³-hybridized carbons (Fsp3) is 0.429. The molecule has 1 saturated carbocycles. The second kappa shape index (κ2) is 3.95. The first kappa shape index (κ1) is 9.91. The van der Waals surface area contributed by atoms with E-state index in [1.807, 2.05) is 0 Å². The van der Waals surface area contributed by atoms with E-state index >= 15 is 0 Å². The topological polar surface area (TPSA) is 41.8 Å². The van der Waals surface area contributed by atoms with Crippen LogP contribution in [0.4, 0.5) is 0 Å². The van der Waals surface area contributed by atoms with Crippen LogP contribution in [0.15, 0.2) is 24.3 Å². The minimum Gasteiger partial charge on any atom is -0.358 e. The van der Waals surface area contributed by atoms with E-state index in [-0.39, 0.29) is 0 Å². The van der Waals surface area contributed by atoms with Gasteiger partial charge < -0.3 is 10.7 Å². The number of H-pyrrole nitrogens is 1. The van der Waals surface area contributed by atoms with Gasteiger partial charge in [-0.15, -0.1) is 0 Å². The minimum absolute atomic E-state index is 0.624. The molecule has 1 heterocycles. The van der Waals surface area contributed by atoms with Crippen LogP contribution < -0.4 is 5.73 Å². The van der Waals surface area contributed by atoms with Gasteiger partial charge in [0.2, 0.25) is 0 Å². The molecule has 1 fully saturated rings. The van der Waals surface area contributed by atoms with Crippen LogP contribution >= 0.6 is 0 Å². The van der Waals surface area contributed by atoms with E-state index in [4.69, 9.17) is 5.73 Å². The average molecular weight is 214 g/mol. The molecule has 1 aromatic heterocycles. The molecule has 2 heteroatoms. The van der Waals surface area contributed by atoms with Crippen LogP contribution in [0.25, 0.3) is 10.9 Å². The van der Waals surface area contributed by atoms with Gasteiger partial charge >= 0.3 is 0 Å². The van der Waals surface area contributed by atoms with Crippen molar-refractivity contribution < 1.29 is 0 Å². The van der Waals surface area contributed by atoms with Gasteiger partial charge in [0.25, 0.3) is 0 Å². The summed E-state index contributed by atoms with van der Waals surface area (Å²) in [6, 6.07) is 8.66. The van der Waals surface area contributed by atoms with Crippen molar-refractivity contribution in [3.05, 3.63) is 35.5 Å². The number of hydrogen-bond donors (Lipinski definition) is 2. The molecule has 1 aliphatic carbocycles. The molecular weight excluding hydrogens is 196 g/mol. The lowest BCUT2D eigenvalue weighted by Gasteiger charge is -2.04. The van der Waals surface area contributed by atoms with E-state index in [1.165, 1.54) is 47.8 Å². The first-order chi connectivity index (χ1) is 7.88. The summed E-state index contributed by atoms with van der Waals surface area (Å²) < 4.78 is 0. The number of fused-ring (bicyclic) bond motifs is 1. The van der Waals surface area contributed by atoms with Gasteiger partial charge in [-0.1, -0.05) is 25.0 Å². The number of hydrogen-bond acceptors (Lipinski definition) is 1. The van der Waals surface area contributed by atoms with Crippen molar-refractivity contribution in [1.82, 2.24) is 4.98 Å². The number of nitrogens with one attached hydrogen (secondary N) is 1. The van der Waals surface area contributed by atoms with Crippen LogP contribution in [-0.4, -0.2) is 4.98 Å². The summed E-state index contributed by atoms with van der Waals surface area (Å²) in [5.41, 5.74) is 9.66. The van der Waals surface area contributed by atoms with E-state index in [1.54, 1.807) is 0 Å². The van der Waals surface area contributed by atoms with Crippen molar-refractivity contribution in [3.8, 4) is 0 Å². The van der Waals surface area contributed by atoms with Crippen molar-refractivity contribution in [2.75, 3.05) is 0 Å². The molecule has 3 N–H and O–H groups in total. The molecule has 16 heavy (non-hydrogen) atoms. The third-order valence-electron chi connectivity index (χ3n) is 3.79. The number of nitrogens with two attached hydrogens (primary N) is 1. The molecular formula is C14H18N2. The van der Waals surface area contributed by atoms with E-state index < -0.39 is 0 Å². The van der Waals surface area contributed by atoms with E-state index in [0.29, 0.717) is 6.54 Å². The Morgan fingerprint density at radius 2 is 2.06 bits per heavy atom. The molecule has 0 radical (unpaired) electrons. The first-order valence-electron chi connectivity index (χ1n) is 6.19. The molecule has 0 amide bonds. The van der Waals surface area contributed by atoms with Crippen molar-refractivity contribution in [3.63, 3.8) is 0 Å². The van der Waals surface area contributed by atoms with Gasteiger partial charge in [-0.05, 0) is 36.5 Å². The standard InChI is InChI=1S/C14H18N2/c15-9-11-6-3-7-13-12(11)8-14(16-13)10-4-1-2-5-10/h3,6-8,10,16H,1-2,4-5,9,15H2. The fourth-order valence-electron chi connectivity index (χ4n) is 2.87. The summed E-state index contributed by atoms with van der Waals surface area (Å²) in [6.07, 6.45) is 5.43. The second-order valence-electron chi connectivity index (χ2n) is 4.79. The summed E-state index contributed by atoms with van der Waals surface area (Å²) in [4.78, 5) is 3.56. The Kier molecular flexibility index (Phi) is 2.44. The maximum Gasteiger partial charge on any atom is 0.0459 e. The molecule has 2 nitrogen and oxygen atoms in total. The molecule has 0 aliphatic heterocycles. The van der Waals surface area contributed by atoms with E-state index in [2.05, 4.69) is 29.2 Å². The van der Waals surface area contributed by atoms with Crippen LogP contribution in [0.1, 0.15) is 42.9 Å². The molecule has 0 bridgehead atoms. The summed E-state index contributed by atoms with van der Waals surface area (Å²) >= 11 is 0. The van der Waals surface area contributed by atoms with Gasteiger partial charge in [-0.2, -0.15) is 0 Å². The predicted octanol–water partition coefficient (Wildman–Crippen LogP) is 3.28. The summed E-state index contributed by atoms with van der Waals surface area (Å²) in [5, 5.41) is 1.31. The van der Waals surface area contributed by atoms with Gasteiger partial charge in [0.15, 0.2) is 0 Å². The molecule has 3 rings (SSSR count). The van der Waals surface area contributed by atoms with Crippen LogP contribution in [0.3, 0.4) is 0 Å². The highest BCUT2D eigenvalue weighted by Gasteiger charge is 2.19. The third kappa shape index (κ3) is 1.54. The summed E-state index contributed by atoms with van der Waals surface area (Å²) in [7, 11) is 0. The SMILES string of the molecule is NCc1cccc2[nH]c(C3CCCC3)cc12. The smallest absolute Gasteiger partial charge is 0.0459 e. The zero-order chi connectivity index (χ0) is 11.0. The average Bonchev–Trinajstić information content (AvgIpc) is 2.96. The number of benzene rings is 1. The van der Waals surface area contributed by atoms with Gasteiger partial charge in [-0.25, -0.2) is 0 Å². The molecule has 0 unspecified atom stereocenters. The number of aromatic amines is 1. The van der Waals surface area contributed by atoms with Gasteiger partial charge in [0.05, 0.1) is 0 Å². The Balaban J connectivity index is 2.07. The highest BCUT2D eigenvalue weighted by molar-refractivity contribution is 5.84. The molecule has 2 aromatic rings.